The smallest absolute Gasteiger partial charge is 0.269 e. The van der Waals surface area contributed by atoms with E-state index in [2.05, 4.69) is 15.9 Å². The summed E-state index contributed by atoms with van der Waals surface area (Å²) in [5, 5.41) is 32.7. The van der Waals surface area contributed by atoms with Gasteiger partial charge in [-0.2, -0.15) is 5.26 Å². The van der Waals surface area contributed by atoms with Gasteiger partial charge in [0.15, 0.2) is 0 Å². The molecule has 14 heteroatoms. The Hall–Kier alpha value is -5.20. The average Bonchev–Trinajstić information content (AvgIpc) is 3.07. The highest BCUT2D eigenvalue weighted by Gasteiger charge is 2.19. The number of hydrogen-bond donors (Lipinski definition) is 0. The van der Waals surface area contributed by atoms with Crippen LogP contribution in [-0.2, 0) is 39.3 Å². The number of nitro groups is 2. The van der Waals surface area contributed by atoms with E-state index < -0.39 is 4.92 Å². The molecule has 4 aromatic rings. The standard InChI is InChI=1S/C36H40FN9O4/c37-31-8-1-6-29(20-31)23-44-26-34-11-3-9-32(39-34)24-41(17-14-38)15-5-16-42(28-45(47)48)18-19-43(25-33-10-4-12-35(27-44)40-33)22-30-7-2-13-36(21-30)46(49)50/h1-4,6-13,20-21H,5,15-19,22-28H2. The molecule has 4 bridgehead atoms. The molecule has 50 heavy (non-hydrogen) atoms. The largest absolute Gasteiger partial charge is 0.292 e. The Bertz CT molecular complexity index is 1800. The molecular weight excluding hydrogens is 641 g/mol. The van der Waals surface area contributed by atoms with Crippen LogP contribution in [0.15, 0.2) is 84.9 Å². The molecule has 0 N–H and O–H groups in total. The summed E-state index contributed by atoms with van der Waals surface area (Å²) >= 11 is 0. The number of nitrogens with zero attached hydrogens (tertiary/aromatic N) is 9. The van der Waals surface area contributed by atoms with Gasteiger partial charge in [-0.15, -0.1) is 0 Å². The zero-order chi connectivity index (χ0) is 35.3. The van der Waals surface area contributed by atoms with E-state index in [0.29, 0.717) is 71.9 Å². The molecule has 0 amide bonds. The van der Waals surface area contributed by atoms with E-state index in [4.69, 9.17) is 9.97 Å². The highest BCUT2D eigenvalue weighted by Crippen LogP contribution is 2.18. The van der Waals surface area contributed by atoms with Crippen molar-refractivity contribution in [1.29, 1.82) is 5.26 Å². The minimum Gasteiger partial charge on any atom is -0.292 e. The Morgan fingerprint density at radius 1 is 0.680 bits per heavy atom. The Labute approximate surface area is 290 Å². The monoisotopic (exact) mass is 681 g/mol. The number of nitriles is 1. The summed E-state index contributed by atoms with van der Waals surface area (Å²) in [5.41, 5.74) is 4.78. The Morgan fingerprint density at radius 2 is 1.20 bits per heavy atom. The highest BCUT2D eigenvalue weighted by atomic mass is 19.1. The van der Waals surface area contributed by atoms with Gasteiger partial charge in [0.25, 0.3) is 12.4 Å². The molecular formula is C36H40FN9O4. The van der Waals surface area contributed by atoms with Crippen LogP contribution in [0.25, 0.3) is 0 Å². The first-order valence-corrected chi connectivity index (χ1v) is 16.5. The van der Waals surface area contributed by atoms with Gasteiger partial charge in [0.05, 0.1) is 40.3 Å². The molecule has 0 unspecified atom stereocenters. The van der Waals surface area contributed by atoms with E-state index in [1.807, 2.05) is 53.4 Å². The number of pyridine rings is 2. The van der Waals surface area contributed by atoms with Crippen molar-refractivity contribution >= 4 is 5.69 Å². The van der Waals surface area contributed by atoms with Gasteiger partial charge in [0.2, 0.25) is 0 Å². The molecule has 0 atom stereocenters. The van der Waals surface area contributed by atoms with Crippen LogP contribution >= 0.6 is 0 Å². The fraction of sp³-hybridized carbons (Fsp3) is 0.361. The van der Waals surface area contributed by atoms with Crippen LogP contribution in [0.2, 0.25) is 0 Å². The summed E-state index contributed by atoms with van der Waals surface area (Å²) < 4.78 is 14.2. The average molecular weight is 682 g/mol. The zero-order valence-electron chi connectivity index (χ0n) is 27.8. The Balaban J connectivity index is 1.47. The number of aromatic nitrogens is 2. The van der Waals surface area contributed by atoms with E-state index in [0.717, 1.165) is 33.9 Å². The fourth-order valence-corrected chi connectivity index (χ4v) is 6.16. The first-order chi connectivity index (χ1) is 24.2. The van der Waals surface area contributed by atoms with Crippen molar-refractivity contribution < 1.29 is 14.2 Å². The summed E-state index contributed by atoms with van der Waals surface area (Å²) in [7, 11) is 0. The molecule has 0 spiro atoms. The Morgan fingerprint density at radius 3 is 1.80 bits per heavy atom. The van der Waals surface area contributed by atoms with Gasteiger partial charge in [-0.1, -0.05) is 36.4 Å². The molecule has 0 saturated heterocycles. The molecule has 2 aromatic heterocycles. The van der Waals surface area contributed by atoms with Gasteiger partial charge in [0.1, 0.15) is 5.82 Å². The SMILES string of the molecule is N#CCN1CCCN(C[N+](=O)[O-])CCN(Cc2cccc([N+](=O)[O-])c2)Cc2cccc(n2)CN(Cc2cccc(F)c2)Cc2cccc(n2)C1. The number of fused-ring (bicyclic) bond motifs is 4. The third-order valence-electron chi connectivity index (χ3n) is 8.38. The highest BCUT2D eigenvalue weighted by molar-refractivity contribution is 5.34. The lowest BCUT2D eigenvalue weighted by molar-refractivity contribution is -0.504. The third-order valence-corrected chi connectivity index (χ3v) is 8.38. The number of hydrogen-bond acceptors (Lipinski definition) is 11. The first kappa shape index (κ1) is 36.1. The molecule has 0 aliphatic carbocycles. The summed E-state index contributed by atoms with van der Waals surface area (Å²) in [6.45, 7) is 4.31. The van der Waals surface area contributed by atoms with Gasteiger partial charge in [0, 0.05) is 82.5 Å². The molecule has 0 saturated carbocycles. The minimum atomic E-state index is -0.425. The zero-order valence-corrected chi connectivity index (χ0v) is 27.8. The van der Waals surface area contributed by atoms with Crippen molar-refractivity contribution in [3.63, 3.8) is 0 Å². The van der Waals surface area contributed by atoms with Crippen LogP contribution in [0, 0.1) is 37.4 Å². The molecule has 13 nitrogen and oxygen atoms in total. The second kappa shape index (κ2) is 18.0. The summed E-state index contributed by atoms with van der Waals surface area (Å²) in [4.78, 5) is 40.3. The van der Waals surface area contributed by atoms with Crippen LogP contribution in [0.1, 0.15) is 40.3 Å². The first-order valence-electron chi connectivity index (χ1n) is 16.5. The normalized spacial score (nSPS) is 16.1. The van der Waals surface area contributed by atoms with Gasteiger partial charge in [-0.05, 0) is 53.9 Å². The molecule has 2 aromatic carbocycles. The molecule has 5 rings (SSSR count). The lowest BCUT2D eigenvalue weighted by Crippen LogP contribution is -2.39. The molecule has 0 radical (unpaired) electrons. The van der Waals surface area contributed by atoms with E-state index in [1.54, 1.807) is 23.1 Å². The molecule has 3 heterocycles. The number of halogens is 1. The second-order valence-electron chi connectivity index (χ2n) is 12.5. The van der Waals surface area contributed by atoms with Crippen molar-refractivity contribution in [2.24, 2.45) is 0 Å². The van der Waals surface area contributed by atoms with Crippen LogP contribution in [0.5, 0.6) is 0 Å². The fourth-order valence-electron chi connectivity index (χ4n) is 6.16. The molecule has 1 aliphatic rings. The number of benzene rings is 2. The maximum atomic E-state index is 14.2. The van der Waals surface area contributed by atoms with E-state index in [9.17, 15) is 29.9 Å². The number of nitro benzene ring substituents is 1. The predicted octanol–water partition coefficient (Wildman–Crippen LogP) is 4.99. The Kier molecular flexibility index (Phi) is 13.0. The summed E-state index contributed by atoms with van der Waals surface area (Å²) in [5.74, 6) is -0.307. The van der Waals surface area contributed by atoms with Crippen LogP contribution < -0.4 is 0 Å². The molecule has 0 fully saturated rings. The second-order valence-corrected chi connectivity index (χ2v) is 12.5. The molecule has 1 aliphatic heterocycles. The minimum absolute atomic E-state index is 0.00469. The van der Waals surface area contributed by atoms with Crippen molar-refractivity contribution in [1.82, 2.24) is 29.6 Å². The predicted molar refractivity (Wildman–Crippen MR) is 184 cm³/mol. The van der Waals surface area contributed by atoms with Crippen molar-refractivity contribution in [3.8, 4) is 6.07 Å². The van der Waals surface area contributed by atoms with Crippen LogP contribution in [-0.4, -0.2) is 78.8 Å². The van der Waals surface area contributed by atoms with E-state index in [-0.39, 0.29) is 29.6 Å². The topological polar surface area (TPSA) is 149 Å². The third kappa shape index (κ3) is 11.5. The van der Waals surface area contributed by atoms with Gasteiger partial charge in [-0.25, -0.2) is 9.29 Å². The van der Waals surface area contributed by atoms with E-state index >= 15 is 0 Å². The van der Waals surface area contributed by atoms with E-state index in [1.165, 1.54) is 18.2 Å². The van der Waals surface area contributed by atoms with Gasteiger partial charge >= 0.3 is 0 Å². The maximum Gasteiger partial charge on any atom is 0.269 e. The van der Waals surface area contributed by atoms with Crippen molar-refractivity contribution in [2.75, 3.05) is 39.4 Å². The van der Waals surface area contributed by atoms with Crippen LogP contribution in [0.4, 0.5) is 10.1 Å². The number of non-ortho nitro benzene ring substituents is 1. The quantitative estimate of drug-likeness (QED) is 0.141. The van der Waals surface area contributed by atoms with Crippen molar-refractivity contribution in [2.45, 2.75) is 45.7 Å². The van der Waals surface area contributed by atoms with Crippen LogP contribution in [0.3, 0.4) is 0 Å². The maximum absolute atomic E-state index is 14.2. The lowest BCUT2D eigenvalue weighted by atomic mass is 10.1. The molecule has 260 valence electrons. The van der Waals surface area contributed by atoms with Gasteiger partial charge in [-0.3, -0.25) is 44.9 Å². The van der Waals surface area contributed by atoms with Gasteiger partial charge < -0.3 is 0 Å². The number of rotatable bonds is 8. The van der Waals surface area contributed by atoms with Crippen molar-refractivity contribution in [3.05, 3.63) is 145 Å². The summed E-state index contributed by atoms with van der Waals surface area (Å²) in [6, 6.07) is 26.9. The lowest BCUT2D eigenvalue weighted by Gasteiger charge is -2.26. The summed E-state index contributed by atoms with van der Waals surface area (Å²) in [6.07, 6.45) is 0.602.